The summed E-state index contributed by atoms with van der Waals surface area (Å²) in [5.74, 6) is 5.48. The highest BCUT2D eigenvalue weighted by Crippen LogP contribution is 1.98. The van der Waals surface area contributed by atoms with Crippen molar-refractivity contribution in [3.8, 4) is 11.8 Å². The number of aromatic nitrogens is 2. The summed E-state index contributed by atoms with van der Waals surface area (Å²) in [7, 11) is 1.86. The molecule has 0 aromatic carbocycles. The smallest absolute Gasteiger partial charge is 0.177 e. The van der Waals surface area contributed by atoms with Crippen molar-refractivity contribution in [1.82, 2.24) is 9.78 Å². The highest BCUT2D eigenvalue weighted by atomic mass is 16.6. The van der Waals surface area contributed by atoms with Crippen molar-refractivity contribution in [2.45, 2.75) is 13.8 Å². The van der Waals surface area contributed by atoms with E-state index in [-0.39, 0.29) is 0 Å². The largest absolute Gasteiger partial charge is 0.382 e. The van der Waals surface area contributed by atoms with E-state index in [9.17, 15) is 0 Å². The highest BCUT2D eigenvalue weighted by molar-refractivity contribution is 5.97. The van der Waals surface area contributed by atoms with Crippen molar-refractivity contribution in [1.29, 1.82) is 0 Å². The maximum atomic E-state index is 4.98. The van der Waals surface area contributed by atoms with E-state index in [4.69, 9.17) is 4.84 Å². The van der Waals surface area contributed by atoms with Crippen molar-refractivity contribution in [2.75, 3.05) is 6.61 Å². The number of aryl methyl sites for hydroxylation is 1. The van der Waals surface area contributed by atoms with Gasteiger partial charge < -0.3 is 4.84 Å². The minimum absolute atomic E-state index is 0.327. The van der Waals surface area contributed by atoms with Crippen LogP contribution < -0.4 is 0 Å². The normalized spacial score (nSPS) is 10.6. The molecule has 1 rings (SSSR count). The van der Waals surface area contributed by atoms with Crippen LogP contribution in [0.2, 0.25) is 0 Å². The minimum atomic E-state index is 0.327. The lowest BCUT2D eigenvalue weighted by Gasteiger charge is -1.95. The first-order valence-electron chi connectivity index (χ1n) is 4.29. The van der Waals surface area contributed by atoms with Crippen LogP contribution in [0.5, 0.6) is 0 Å². The van der Waals surface area contributed by atoms with Gasteiger partial charge in [-0.15, -0.1) is 5.92 Å². The van der Waals surface area contributed by atoms with E-state index < -0.39 is 0 Å². The first kappa shape index (κ1) is 10.3. The Kier molecular flexibility index (Phi) is 3.74. The average molecular weight is 191 g/mol. The fraction of sp³-hybridized carbons (Fsp3) is 0.400. The van der Waals surface area contributed by atoms with Crippen LogP contribution in [-0.2, 0) is 11.9 Å². The Hall–Kier alpha value is -1.76. The Morgan fingerprint density at radius 3 is 3.07 bits per heavy atom. The van der Waals surface area contributed by atoms with E-state index in [0.717, 1.165) is 11.3 Å². The molecule has 0 spiro atoms. The average Bonchev–Trinajstić information content (AvgIpc) is 2.59. The summed E-state index contributed by atoms with van der Waals surface area (Å²) < 4.78 is 1.72. The van der Waals surface area contributed by atoms with Gasteiger partial charge in [-0.3, -0.25) is 4.68 Å². The minimum Gasteiger partial charge on any atom is -0.382 e. The Morgan fingerprint density at radius 1 is 1.71 bits per heavy atom. The van der Waals surface area contributed by atoms with Crippen molar-refractivity contribution in [2.24, 2.45) is 12.2 Å². The molecule has 74 valence electrons. The van der Waals surface area contributed by atoms with E-state index in [1.807, 2.05) is 20.2 Å². The van der Waals surface area contributed by atoms with Crippen molar-refractivity contribution in [3.63, 3.8) is 0 Å². The molecule has 0 aliphatic carbocycles. The van der Waals surface area contributed by atoms with Crippen LogP contribution in [0.3, 0.4) is 0 Å². The molecule has 0 bridgehead atoms. The summed E-state index contributed by atoms with van der Waals surface area (Å²) >= 11 is 0. The number of oxime groups is 1. The summed E-state index contributed by atoms with van der Waals surface area (Å²) in [4.78, 5) is 4.98. The third-order valence-electron chi connectivity index (χ3n) is 1.64. The van der Waals surface area contributed by atoms with Gasteiger partial charge in [-0.05, 0) is 13.8 Å². The molecule has 0 unspecified atom stereocenters. The van der Waals surface area contributed by atoms with Crippen LogP contribution in [-0.4, -0.2) is 22.1 Å². The van der Waals surface area contributed by atoms with Crippen LogP contribution in [0.15, 0.2) is 17.5 Å². The van der Waals surface area contributed by atoms with Gasteiger partial charge in [0, 0.05) is 18.8 Å². The van der Waals surface area contributed by atoms with Crippen LogP contribution in [0.4, 0.5) is 0 Å². The van der Waals surface area contributed by atoms with E-state index in [2.05, 4.69) is 22.1 Å². The Balaban J connectivity index is 2.55. The molecule has 0 saturated carbocycles. The zero-order valence-corrected chi connectivity index (χ0v) is 8.61. The lowest BCUT2D eigenvalue weighted by molar-refractivity contribution is 0.180. The van der Waals surface area contributed by atoms with Crippen LogP contribution in [0, 0.1) is 11.8 Å². The van der Waals surface area contributed by atoms with Gasteiger partial charge in [0.15, 0.2) is 6.61 Å². The zero-order valence-electron chi connectivity index (χ0n) is 8.61. The molecule has 4 nitrogen and oxygen atoms in total. The van der Waals surface area contributed by atoms with Crippen LogP contribution in [0.25, 0.3) is 0 Å². The predicted octanol–water partition coefficient (Wildman–Crippen LogP) is 1.18. The summed E-state index contributed by atoms with van der Waals surface area (Å²) in [5, 5.41) is 7.94. The third kappa shape index (κ3) is 2.94. The van der Waals surface area contributed by atoms with Crippen LogP contribution in [0.1, 0.15) is 19.4 Å². The number of hydrogen-bond donors (Lipinski definition) is 0. The second-order valence-corrected chi connectivity index (χ2v) is 2.78. The second kappa shape index (κ2) is 5.07. The van der Waals surface area contributed by atoms with Crippen molar-refractivity contribution >= 4 is 5.71 Å². The number of nitrogens with zero attached hydrogens (tertiary/aromatic N) is 3. The van der Waals surface area contributed by atoms with E-state index in [1.165, 1.54) is 0 Å². The van der Waals surface area contributed by atoms with Gasteiger partial charge in [0.25, 0.3) is 0 Å². The summed E-state index contributed by atoms with van der Waals surface area (Å²) in [6.45, 7) is 3.96. The van der Waals surface area contributed by atoms with Gasteiger partial charge >= 0.3 is 0 Å². The van der Waals surface area contributed by atoms with Gasteiger partial charge in [-0.1, -0.05) is 11.1 Å². The topological polar surface area (TPSA) is 39.4 Å². The van der Waals surface area contributed by atoms with E-state index >= 15 is 0 Å². The first-order chi connectivity index (χ1) is 6.74. The Bertz CT molecular complexity index is 382. The Labute approximate surface area is 83.6 Å². The summed E-state index contributed by atoms with van der Waals surface area (Å²) in [6.07, 6.45) is 3.63. The number of rotatable bonds is 3. The molecular formula is C10H13N3O. The van der Waals surface area contributed by atoms with Gasteiger partial charge in [0.05, 0.1) is 11.9 Å². The standard InChI is InChI=1S/C10H13N3O/c1-4-5-6-14-12-9(2)10-7-11-13(3)8-10/h7-8H,6H2,1-3H3. The van der Waals surface area contributed by atoms with Crippen molar-refractivity contribution in [3.05, 3.63) is 18.0 Å². The first-order valence-corrected chi connectivity index (χ1v) is 4.29. The zero-order chi connectivity index (χ0) is 10.4. The number of hydrogen-bond acceptors (Lipinski definition) is 3. The van der Waals surface area contributed by atoms with Gasteiger partial charge in [0.2, 0.25) is 0 Å². The molecule has 0 N–H and O–H groups in total. The van der Waals surface area contributed by atoms with Gasteiger partial charge in [-0.25, -0.2) is 0 Å². The lowest BCUT2D eigenvalue weighted by Crippen LogP contribution is -1.95. The predicted molar refractivity (Wildman–Crippen MR) is 54.8 cm³/mol. The molecule has 1 heterocycles. The molecule has 0 aliphatic rings. The quantitative estimate of drug-likeness (QED) is 0.311. The lowest BCUT2D eigenvalue weighted by atomic mass is 10.2. The molecule has 0 atom stereocenters. The molecule has 4 heteroatoms. The molecule has 0 amide bonds. The molecule has 0 radical (unpaired) electrons. The van der Waals surface area contributed by atoms with E-state index in [1.54, 1.807) is 17.8 Å². The SMILES string of the molecule is CC#CCON=C(C)c1cnn(C)c1. The molecule has 14 heavy (non-hydrogen) atoms. The Morgan fingerprint density at radius 2 is 2.50 bits per heavy atom. The molecule has 1 aromatic heterocycles. The summed E-state index contributed by atoms with van der Waals surface area (Å²) in [6, 6.07) is 0. The van der Waals surface area contributed by atoms with E-state index in [0.29, 0.717) is 6.61 Å². The highest BCUT2D eigenvalue weighted by Gasteiger charge is 1.99. The van der Waals surface area contributed by atoms with Crippen LogP contribution >= 0.6 is 0 Å². The molecule has 0 aliphatic heterocycles. The maximum absolute atomic E-state index is 4.98. The monoisotopic (exact) mass is 191 g/mol. The van der Waals surface area contributed by atoms with Gasteiger partial charge in [-0.2, -0.15) is 5.10 Å². The van der Waals surface area contributed by atoms with Crippen molar-refractivity contribution < 1.29 is 4.84 Å². The molecule has 0 fully saturated rings. The molecular weight excluding hydrogens is 178 g/mol. The fourth-order valence-corrected chi connectivity index (χ4v) is 0.894. The second-order valence-electron chi connectivity index (χ2n) is 2.78. The summed E-state index contributed by atoms with van der Waals surface area (Å²) in [5.41, 5.74) is 1.76. The third-order valence-corrected chi connectivity index (χ3v) is 1.64. The van der Waals surface area contributed by atoms with Gasteiger partial charge in [0.1, 0.15) is 0 Å². The molecule has 0 saturated heterocycles. The maximum Gasteiger partial charge on any atom is 0.177 e. The fourth-order valence-electron chi connectivity index (χ4n) is 0.894. The molecule has 1 aromatic rings.